The molecular formula is C13H17N3O. The summed E-state index contributed by atoms with van der Waals surface area (Å²) in [5, 5.41) is 11.1. The van der Waals surface area contributed by atoms with Crippen molar-refractivity contribution in [3.05, 3.63) is 29.8 Å². The van der Waals surface area contributed by atoms with Crippen LogP contribution in [0.25, 0.3) is 0 Å². The number of benzene rings is 1. The van der Waals surface area contributed by atoms with E-state index in [0.29, 0.717) is 32.2 Å². The Bertz CT molecular complexity index is 392. The second kappa shape index (κ2) is 7.29. The van der Waals surface area contributed by atoms with Crippen molar-refractivity contribution in [3.63, 3.8) is 0 Å². The van der Waals surface area contributed by atoms with E-state index in [4.69, 9.17) is 11.0 Å². The first kappa shape index (κ1) is 13.0. The SMILES string of the molecule is N#CCCCNC(=O)CCc1ccc(N)cc1. The number of carbonyl (C=O) groups excluding carboxylic acids is 1. The predicted molar refractivity (Wildman–Crippen MR) is 67.0 cm³/mol. The minimum absolute atomic E-state index is 0.0276. The second-order valence-electron chi connectivity index (χ2n) is 3.85. The molecule has 0 aliphatic carbocycles. The van der Waals surface area contributed by atoms with Crippen LogP contribution in [-0.2, 0) is 11.2 Å². The van der Waals surface area contributed by atoms with E-state index in [0.717, 1.165) is 11.3 Å². The van der Waals surface area contributed by atoms with Gasteiger partial charge in [-0.3, -0.25) is 4.79 Å². The Morgan fingerprint density at radius 3 is 2.71 bits per heavy atom. The zero-order chi connectivity index (χ0) is 12.5. The number of amides is 1. The van der Waals surface area contributed by atoms with Crippen molar-refractivity contribution in [2.45, 2.75) is 25.7 Å². The molecule has 0 aromatic heterocycles. The molecule has 0 spiro atoms. The van der Waals surface area contributed by atoms with E-state index in [9.17, 15) is 4.79 Å². The third kappa shape index (κ3) is 5.57. The number of nitrogens with zero attached hydrogens (tertiary/aromatic N) is 1. The summed E-state index contributed by atoms with van der Waals surface area (Å²) in [7, 11) is 0. The maximum Gasteiger partial charge on any atom is 0.220 e. The minimum Gasteiger partial charge on any atom is -0.399 e. The predicted octanol–water partition coefficient (Wildman–Crippen LogP) is 1.62. The van der Waals surface area contributed by atoms with E-state index in [1.807, 2.05) is 30.3 Å². The Morgan fingerprint density at radius 1 is 1.35 bits per heavy atom. The van der Waals surface area contributed by atoms with Crippen LogP contribution in [-0.4, -0.2) is 12.5 Å². The summed E-state index contributed by atoms with van der Waals surface area (Å²) < 4.78 is 0. The van der Waals surface area contributed by atoms with E-state index in [1.165, 1.54) is 0 Å². The highest BCUT2D eigenvalue weighted by Gasteiger charge is 2.01. The first-order valence-corrected chi connectivity index (χ1v) is 5.70. The van der Waals surface area contributed by atoms with Crippen molar-refractivity contribution < 1.29 is 4.79 Å². The Labute approximate surface area is 101 Å². The van der Waals surface area contributed by atoms with Crippen LogP contribution in [0.5, 0.6) is 0 Å². The summed E-state index contributed by atoms with van der Waals surface area (Å²) in [6.07, 6.45) is 2.38. The van der Waals surface area contributed by atoms with Crippen LogP contribution in [0.1, 0.15) is 24.8 Å². The zero-order valence-corrected chi connectivity index (χ0v) is 9.78. The van der Waals surface area contributed by atoms with E-state index in [1.54, 1.807) is 0 Å². The smallest absolute Gasteiger partial charge is 0.220 e. The molecule has 0 radical (unpaired) electrons. The van der Waals surface area contributed by atoms with Gasteiger partial charge in [0.1, 0.15) is 0 Å². The lowest BCUT2D eigenvalue weighted by atomic mass is 10.1. The van der Waals surface area contributed by atoms with Crippen molar-refractivity contribution in [2.24, 2.45) is 0 Å². The number of hydrogen-bond donors (Lipinski definition) is 2. The molecule has 0 saturated carbocycles. The number of nitriles is 1. The lowest BCUT2D eigenvalue weighted by molar-refractivity contribution is -0.121. The molecule has 0 aliphatic heterocycles. The van der Waals surface area contributed by atoms with Crippen LogP contribution in [0.2, 0.25) is 0 Å². The summed E-state index contributed by atoms with van der Waals surface area (Å²) in [5.74, 6) is 0.0276. The second-order valence-corrected chi connectivity index (χ2v) is 3.85. The summed E-state index contributed by atoms with van der Waals surface area (Å²) >= 11 is 0. The van der Waals surface area contributed by atoms with Gasteiger partial charge in [0.05, 0.1) is 6.07 Å². The van der Waals surface area contributed by atoms with Gasteiger partial charge in [0.25, 0.3) is 0 Å². The molecule has 0 fully saturated rings. The molecule has 1 aromatic rings. The van der Waals surface area contributed by atoms with Crippen LogP contribution in [0, 0.1) is 11.3 Å². The maximum absolute atomic E-state index is 11.4. The first-order valence-electron chi connectivity index (χ1n) is 5.70. The number of nitrogens with one attached hydrogen (secondary N) is 1. The lowest BCUT2D eigenvalue weighted by Gasteiger charge is -2.04. The normalized spacial score (nSPS) is 9.59. The van der Waals surface area contributed by atoms with Gasteiger partial charge < -0.3 is 11.1 Å². The van der Waals surface area contributed by atoms with Crippen LogP contribution in [0.3, 0.4) is 0 Å². The van der Waals surface area contributed by atoms with Gasteiger partial charge in [0.15, 0.2) is 0 Å². The number of nitrogens with two attached hydrogens (primary N) is 1. The van der Waals surface area contributed by atoms with Gasteiger partial charge in [-0.1, -0.05) is 12.1 Å². The van der Waals surface area contributed by atoms with Crippen LogP contribution >= 0.6 is 0 Å². The number of hydrogen-bond acceptors (Lipinski definition) is 3. The average Bonchev–Trinajstić information content (AvgIpc) is 2.34. The monoisotopic (exact) mass is 231 g/mol. The maximum atomic E-state index is 11.4. The fourth-order valence-electron chi connectivity index (χ4n) is 1.43. The Kier molecular flexibility index (Phi) is 5.59. The standard InChI is InChI=1S/C13H17N3O/c14-9-1-2-10-16-13(17)8-5-11-3-6-12(15)7-4-11/h3-4,6-7H,1-2,5,8,10,15H2,(H,16,17). The van der Waals surface area contributed by atoms with Crippen molar-refractivity contribution in [2.75, 3.05) is 12.3 Å². The molecule has 3 N–H and O–H groups in total. The van der Waals surface area contributed by atoms with Crippen molar-refractivity contribution in [1.29, 1.82) is 5.26 Å². The lowest BCUT2D eigenvalue weighted by Crippen LogP contribution is -2.24. The van der Waals surface area contributed by atoms with Crippen molar-refractivity contribution in [3.8, 4) is 6.07 Å². The molecule has 0 bridgehead atoms. The fraction of sp³-hybridized carbons (Fsp3) is 0.385. The average molecular weight is 231 g/mol. The zero-order valence-electron chi connectivity index (χ0n) is 9.78. The number of unbranched alkanes of at least 4 members (excludes halogenated alkanes) is 1. The number of aryl methyl sites for hydroxylation is 1. The third-order valence-corrected chi connectivity index (χ3v) is 2.41. The van der Waals surface area contributed by atoms with Gasteiger partial charge in [-0.2, -0.15) is 5.26 Å². The van der Waals surface area contributed by atoms with Crippen molar-refractivity contribution >= 4 is 11.6 Å². The Morgan fingerprint density at radius 2 is 2.06 bits per heavy atom. The largest absolute Gasteiger partial charge is 0.399 e. The topological polar surface area (TPSA) is 78.9 Å². The Hall–Kier alpha value is -2.02. The third-order valence-electron chi connectivity index (χ3n) is 2.41. The van der Waals surface area contributed by atoms with E-state index >= 15 is 0 Å². The van der Waals surface area contributed by atoms with E-state index in [-0.39, 0.29) is 5.91 Å². The van der Waals surface area contributed by atoms with E-state index in [2.05, 4.69) is 5.32 Å². The molecule has 0 saturated heterocycles. The highest BCUT2D eigenvalue weighted by atomic mass is 16.1. The molecule has 90 valence electrons. The summed E-state index contributed by atoms with van der Waals surface area (Å²) in [5.41, 5.74) is 7.41. The number of anilines is 1. The molecule has 0 unspecified atom stereocenters. The molecule has 1 aromatic carbocycles. The quantitative estimate of drug-likeness (QED) is 0.576. The molecular weight excluding hydrogens is 214 g/mol. The number of rotatable bonds is 6. The molecule has 4 nitrogen and oxygen atoms in total. The molecule has 17 heavy (non-hydrogen) atoms. The fourth-order valence-corrected chi connectivity index (χ4v) is 1.43. The molecule has 4 heteroatoms. The van der Waals surface area contributed by atoms with Gasteiger partial charge in [0, 0.05) is 25.1 Å². The van der Waals surface area contributed by atoms with Gasteiger partial charge >= 0.3 is 0 Å². The van der Waals surface area contributed by atoms with Gasteiger partial charge in [-0.05, 0) is 30.5 Å². The molecule has 0 heterocycles. The summed E-state index contributed by atoms with van der Waals surface area (Å²) in [4.78, 5) is 11.4. The highest BCUT2D eigenvalue weighted by molar-refractivity contribution is 5.76. The van der Waals surface area contributed by atoms with Crippen molar-refractivity contribution in [1.82, 2.24) is 5.32 Å². The highest BCUT2D eigenvalue weighted by Crippen LogP contribution is 2.07. The molecule has 1 rings (SSSR count). The first-order chi connectivity index (χ1) is 8.22. The Balaban J connectivity index is 2.19. The van der Waals surface area contributed by atoms with Gasteiger partial charge in [0.2, 0.25) is 5.91 Å². The van der Waals surface area contributed by atoms with Crippen LogP contribution in [0.15, 0.2) is 24.3 Å². The van der Waals surface area contributed by atoms with Gasteiger partial charge in [-0.15, -0.1) is 0 Å². The summed E-state index contributed by atoms with van der Waals surface area (Å²) in [6.45, 7) is 0.578. The number of nitrogen functional groups attached to an aromatic ring is 1. The van der Waals surface area contributed by atoms with E-state index < -0.39 is 0 Å². The van der Waals surface area contributed by atoms with Gasteiger partial charge in [-0.25, -0.2) is 0 Å². The molecule has 0 atom stereocenters. The molecule has 0 aliphatic rings. The minimum atomic E-state index is 0.0276. The van der Waals surface area contributed by atoms with Crippen LogP contribution in [0.4, 0.5) is 5.69 Å². The van der Waals surface area contributed by atoms with Crippen LogP contribution < -0.4 is 11.1 Å². The molecule has 1 amide bonds. The number of carbonyl (C=O) groups is 1. The summed E-state index contributed by atoms with van der Waals surface area (Å²) in [6, 6.07) is 9.57.